The lowest BCUT2D eigenvalue weighted by molar-refractivity contribution is -0.138. The van der Waals surface area contributed by atoms with Gasteiger partial charge >= 0.3 is 11.9 Å². The number of alkyl halides is 3. The Labute approximate surface area is 173 Å². The van der Waals surface area contributed by atoms with Gasteiger partial charge in [-0.3, -0.25) is 9.78 Å². The van der Waals surface area contributed by atoms with Crippen LogP contribution in [-0.2, 0) is 6.18 Å². The number of aromatic nitrogens is 5. The highest BCUT2D eigenvalue weighted by molar-refractivity contribution is 5.62. The van der Waals surface area contributed by atoms with E-state index in [1.54, 1.807) is 23.0 Å². The molecule has 0 saturated heterocycles. The molecule has 0 amide bonds. The minimum absolute atomic E-state index is 0.264. The van der Waals surface area contributed by atoms with E-state index < -0.39 is 23.0 Å². The molecule has 1 fully saturated rings. The molecule has 0 bridgehead atoms. The zero-order valence-corrected chi connectivity index (χ0v) is 16.4. The molecule has 1 aromatic carbocycles. The van der Waals surface area contributed by atoms with Crippen LogP contribution in [0, 0.1) is 6.92 Å². The summed E-state index contributed by atoms with van der Waals surface area (Å²) in [6.45, 7) is 1.45. The summed E-state index contributed by atoms with van der Waals surface area (Å²) in [4.78, 5) is 31.9. The molecular formula is C21H18F3N5O2. The van der Waals surface area contributed by atoms with Gasteiger partial charge in [0.1, 0.15) is 0 Å². The van der Waals surface area contributed by atoms with Crippen molar-refractivity contribution in [2.45, 2.75) is 31.9 Å². The SMILES string of the molecule is Cc1ccccc1C(F)(F)F.O=c1[nH]cc(-c2cc(C3CC3)c3nccn3n2)c(=O)[nH]1. The Hall–Kier alpha value is -3.69. The number of aromatic amines is 2. The van der Waals surface area contributed by atoms with Gasteiger partial charge in [-0.2, -0.15) is 18.3 Å². The maximum atomic E-state index is 12.0. The van der Waals surface area contributed by atoms with Crippen molar-refractivity contribution in [1.29, 1.82) is 0 Å². The number of hydrogen-bond acceptors (Lipinski definition) is 4. The summed E-state index contributed by atoms with van der Waals surface area (Å²) < 4.78 is 37.8. The van der Waals surface area contributed by atoms with E-state index in [4.69, 9.17) is 0 Å². The fraction of sp³-hybridized carbons (Fsp3) is 0.238. The fourth-order valence-electron chi connectivity index (χ4n) is 3.26. The molecule has 5 rings (SSSR count). The minimum Gasteiger partial charge on any atom is -0.313 e. The zero-order chi connectivity index (χ0) is 22.2. The molecule has 10 heteroatoms. The molecule has 7 nitrogen and oxygen atoms in total. The van der Waals surface area contributed by atoms with Crippen LogP contribution in [0.25, 0.3) is 16.9 Å². The first kappa shape index (κ1) is 20.6. The van der Waals surface area contributed by atoms with Crippen molar-refractivity contribution < 1.29 is 13.2 Å². The molecule has 0 atom stereocenters. The van der Waals surface area contributed by atoms with Crippen molar-refractivity contribution in [2.24, 2.45) is 0 Å². The Balaban J connectivity index is 0.000000180. The number of halogens is 3. The number of nitrogens with one attached hydrogen (secondary N) is 2. The highest BCUT2D eigenvalue weighted by Crippen LogP contribution is 2.42. The molecule has 3 aromatic heterocycles. The Morgan fingerprint density at radius 1 is 1.16 bits per heavy atom. The van der Waals surface area contributed by atoms with E-state index in [0.717, 1.165) is 30.1 Å². The van der Waals surface area contributed by atoms with Crippen molar-refractivity contribution >= 4 is 5.65 Å². The predicted molar refractivity (Wildman–Crippen MR) is 108 cm³/mol. The van der Waals surface area contributed by atoms with E-state index in [0.29, 0.717) is 17.2 Å². The first-order chi connectivity index (χ1) is 14.7. The third-order valence-corrected chi connectivity index (χ3v) is 4.95. The quantitative estimate of drug-likeness (QED) is 0.508. The first-order valence-electron chi connectivity index (χ1n) is 9.53. The van der Waals surface area contributed by atoms with Gasteiger partial charge in [0.2, 0.25) is 0 Å². The van der Waals surface area contributed by atoms with Gasteiger partial charge in [-0.05, 0) is 43.4 Å². The van der Waals surface area contributed by atoms with E-state index in [2.05, 4.69) is 20.1 Å². The van der Waals surface area contributed by atoms with Crippen LogP contribution in [0.1, 0.15) is 35.4 Å². The lowest BCUT2D eigenvalue weighted by atomic mass is 10.1. The molecule has 1 saturated carbocycles. The van der Waals surface area contributed by atoms with Gasteiger partial charge in [-0.1, -0.05) is 18.2 Å². The number of rotatable bonds is 2. The maximum absolute atomic E-state index is 12.0. The number of nitrogens with zero attached hydrogens (tertiary/aromatic N) is 3. The second-order valence-electron chi connectivity index (χ2n) is 7.25. The molecular weight excluding hydrogens is 411 g/mol. The molecule has 0 unspecified atom stereocenters. The van der Waals surface area contributed by atoms with Crippen molar-refractivity contribution in [1.82, 2.24) is 24.6 Å². The minimum atomic E-state index is -4.22. The molecule has 1 aliphatic carbocycles. The third-order valence-electron chi connectivity index (χ3n) is 4.95. The molecule has 0 aliphatic heterocycles. The number of imidazole rings is 1. The normalized spacial score (nSPS) is 13.7. The number of hydrogen-bond donors (Lipinski definition) is 2. The second kappa shape index (κ2) is 7.86. The van der Waals surface area contributed by atoms with E-state index in [9.17, 15) is 22.8 Å². The van der Waals surface area contributed by atoms with Crippen molar-refractivity contribution in [3.05, 3.63) is 86.5 Å². The van der Waals surface area contributed by atoms with E-state index in [-0.39, 0.29) is 5.56 Å². The molecule has 0 spiro atoms. The molecule has 1 aliphatic rings. The average Bonchev–Trinajstić information content (AvgIpc) is 3.44. The Kier molecular flexibility index (Phi) is 5.22. The Morgan fingerprint density at radius 2 is 1.90 bits per heavy atom. The van der Waals surface area contributed by atoms with Crippen LogP contribution in [0.3, 0.4) is 0 Å². The van der Waals surface area contributed by atoms with Crippen LogP contribution >= 0.6 is 0 Å². The summed E-state index contributed by atoms with van der Waals surface area (Å²) in [7, 11) is 0. The molecule has 160 valence electrons. The predicted octanol–water partition coefficient (Wildman–Crippen LogP) is 3.66. The van der Waals surface area contributed by atoms with Gasteiger partial charge in [0, 0.05) is 24.2 Å². The van der Waals surface area contributed by atoms with E-state index in [1.807, 2.05) is 6.07 Å². The summed E-state index contributed by atoms with van der Waals surface area (Å²) >= 11 is 0. The van der Waals surface area contributed by atoms with Crippen LogP contribution in [0.4, 0.5) is 13.2 Å². The monoisotopic (exact) mass is 429 g/mol. The zero-order valence-electron chi connectivity index (χ0n) is 16.4. The molecule has 31 heavy (non-hydrogen) atoms. The van der Waals surface area contributed by atoms with Crippen LogP contribution in [-0.4, -0.2) is 24.6 Å². The average molecular weight is 429 g/mol. The molecule has 2 N–H and O–H groups in total. The van der Waals surface area contributed by atoms with Gasteiger partial charge in [0.15, 0.2) is 5.65 Å². The summed E-state index contributed by atoms with van der Waals surface area (Å²) in [6.07, 6.45) is 2.88. The molecule has 4 aromatic rings. The lowest BCUT2D eigenvalue weighted by Gasteiger charge is -2.08. The maximum Gasteiger partial charge on any atom is 0.416 e. The summed E-state index contributed by atoms with van der Waals surface area (Å²) in [6, 6.07) is 7.39. The van der Waals surface area contributed by atoms with Gasteiger partial charge in [0.05, 0.1) is 16.8 Å². The van der Waals surface area contributed by atoms with Crippen molar-refractivity contribution in [3.8, 4) is 11.3 Å². The molecule has 0 radical (unpaired) electrons. The first-order valence-corrected chi connectivity index (χ1v) is 9.53. The lowest BCUT2D eigenvalue weighted by Crippen LogP contribution is -2.23. The largest absolute Gasteiger partial charge is 0.416 e. The van der Waals surface area contributed by atoms with Gasteiger partial charge in [0.25, 0.3) is 5.56 Å². The van der Waals surface area contributed by atoms with Crippen molar-refractivity contribution in [3.63, 3.8) is 0 Å². The summed E-state index contributed by atoms with van der Waals surface area (Å²) in [5, 5.41) is 4.38. The fourth-order valence-corrected chi connectivity index (χ4v) is 3.26. The summed E-state index contributed by atoms with van der Waals surface area (Å²) in [5.74, 6) is 0.489. The Morgan fingerprint density at radius 3 is 2.52 bits per heavy atom. The smallest absolute Gasteiger partial charge is 0.313 e. The van der Waals surface area contributed by atoms with Crippen molar-refractivity contribution in [2.75, 3.05) is 0 Å². The second-order valence-corrected chi connectivity index (χ2v) is 7.25. The molecule has 3 heterocycles. The highest BCUT2D eigenvalue weighted by Gasteiger charge is 2.31. The van der Waals surface area contributed by atoms with E-state index in [1.165, 1.54) is 25.3 Å². The standard InChI is InChI=1S/C13H11N5O2.C8H7F3/c19-12-9(6-15-13(20)16-12)10-5-8(7-1-2-7)11-14-3-4-18(11)17-10;1-6-4-2-3-5-7(6)8(9,10)11/h3-7H,1-2H2,(H2,15,16,19,20);2-5H,1H3. The van der Waals surface area contributed by atoms with Gasteiger partial charge in [-0.25, -0.2) is 14.3 Å². The number of fused-ring (bicyclic) bond motifs is 1. The van der Waals surface area contributed by atoms with Crippen LogP contribution in [0.15, 0.2) is 58.5 Å². The Bertz CT molecular complexity index is 1350. The number of H-pyrrole nitrogens is 2. The topological polar surface area (TPSA) is 95.9 Å². The van der Waals surface area contributed by atoms with Gasteiger partial charge in [-0.15, -0.1) is 0 Å². The summed E-state index contributed by atoms with van der Waals surface area (Å²) in [5.41, 5.74) is 1.56. The number of aryl methyl sites for hydroxylation is 1. The van der Waals surface area contributed by atoms with Crippen LogP contribution in [0.5, 0.6) is 0 Å². The van der Waals surface area contributed by atoms with Crippen LogP contribution < -0.4 is 11.2 Å². The van der Waals surface area contributed by atoms with Crippen LogP contribution in [0.2, 0.25) is 0 Å². The third kappa shape index (κ3) is 4.42. The van der Waals surface area contributed by atoms with E-state index >= 15 is 0 Å². The number of benzene rings is 1. The highest BCUT2D eigenvalue weighted by atomic mass is 19.4. The van der Waals surface area contributed by atoms with Gasteiger partial charge < -0.3 is 4.98 Å².